The van der Waals surface area contributed by atoms with Crippen molar-refractivity contribution < 1.29 is 13.2 Å². The number of nitrogens with zero attached hydrogens (tertiary/aromatic N) is 3. The van der Waals surface area contributed by atoms with E-state index in [4.69, 9.17) is 0 Å². The Bertz CT molecular complexity index is 1160. The molecule has 2 aliphatic rings. The maximum atomic E-state index is 13.4. The molecule has 0 radical (unpaired) electrons. The van der Waals surface area contributed by atoms with Crippen molar-refractivity contribution in [2.24, 2.45) is 7.05 Å². The van der Waals surface area contributed by atoms with Gasteiger partial charge in [0.2, 0.25) is 15.5 Å². The lowest BCUT2D eigenvalue weighted by Gasteiger charge is -2.31. The molecule has 2 fully saturated rings. The monoisotopic (exact) mass is 459 g/mol. The highest BCUT2D eigenvalue weighted by Gasteiger charge is 2.28. The predicted octanol–water partition coefficient (Wildman–Crippen LogP) is 3.51. The topological polar surface area (TPSA) is 79.7 Å². The molecule has 1 amide bonds. The zero-order valence-electron chi connectivity index (χ0n) is 19.0. The molecule has 1 saturated heterocycles. The number of carbonyl (C=O) groups is 1. The van der Waals surface area contributed by atoms with Crippen LogP contribution in [0.5, 0.6) is 0 Å². The first-order valence-corrected chi connectivity index (χ1v) is 13.2. The van der Waals surface area contributed by atoms with Gasteiger partial charge in [-0.25, -0.2) is 8.42 Å². The number of sulfonamides is 1. The normalized spacial score (nSPS) is 19.1. The summed E-state index contributed by atoms with van der Waals surface area (Å²) in [5.74, 6) is -0.292. The molecule has 32 heavy (non-hydrogen) atoms. The summed E-state index contributed by atoms with van der Waals surface area (Å²) in [6, 6.07) is 4.83. The Balaban J connectivity index is 1.73. The Morgan fingerprint density at radius 1 is 1.00 bits per heavy atom. The van der Waals surface area contributed by atoms with E-state index in [-0.39, 0.29) is 27.8 Å². The summed E-state index contributed by atoms with van der Waals surface area (Å²) in [5.41, 5.74) is 0.303. The molecular weight excluding hydrogens is 426 g/mol. The number of aromatic nitrogens is 1. The molecule has 4 rings (SSSR count). The van der Waals surface area contributed by atoms with Gasteiger partial charge in [0.15, 0.2) is 0 Å². The van der Waals surface area contributed by atoms with Gasteiger partial charge in [0, 0.05) is 44.8 Å². The van der Waals surface area contributed by atoms with Crippen LogP contribution in [0.15, 0.2) is 34.1 Å². The van der Waals surface area contributed by atoms with Gasteiger partial charge in [-0.1, -0.05) is 32.1 Å². The molecule has 174 valence electrons. The minimum Gasteiger partial charge on any atom is -0.350 e. The van der Waals surface area contributed by atoms with Crippen LogP contribution < -0.4 is 5.43 Å². The quantitative estimate of drug-likeness (QED) is 0.701. The second-order valence-corrected chi connectivity index (χ2v) is 11.1. The van der Waals surface area contributed by atoms with Gasteiger partial charge < -0.3 is 9.47 Å². The number of aryl methyl sites for hydroxylation is 1. The van der Waals surface area contributed by atoms with Crippen LogP contribution >= 0.6 is 0 Å². The first kappa shape index (κ1) is 23.0. The van der Waals surface area contributed by atoms with Gasteiger partial charge in [-0.2, -0.15) is 4.31 Å². The number of amides is 1. The molecule has 0 N–H and O–H groups in total. The number of hydrogen-bond donors (Lipinski definition) is 0. The second-order valence-electron chi connectivity index (χ2n) is 9.19. The molecule has 1 aliphatic heterocycles. The molecule has 1 aromatic carbocycles. The fourth-order valence-electron chi connectivity index (χ4n) is 5.04. The summed E-state index contributed by atoms with van der Waals surface area (Å²) in [6.45, 7) is 1.01. The molecule has 0 spiro atoms. The van der Waals surface area contributed by atoms with E-state index in [0.29, 0.717) is 18.6 Å². The smallest absolute Gasteiger partial charge is 0.259 e. The third kappa shape index (κ3) is 4.35. The highest BCUT2D eigenvalue weighted by Crippen LogP contribution is 2.25. The third-order valence-electron chi connectivity index (χ3n) is 7.04. The van der Waals surface area contributed by atoms with Crippen LogP contribution in [-0.4, -0.2) is 54.3 Å². The van der Waals surface area contributed by atoms with Crippen molar-refractivity contribution >= 4 is 26.8 Å². The molecular formula is C24H33N3O4S. The fraction of sp³-hybridized carbons (Fsp3) is 0.583. The van der Waals surface area contributed by atoms with Crippen LogP contribution in [0.4, 0.5) is 0 Å². The number of carbonyl (C=O) groups excluding carboxylic acids is 1. The van der Waals surface area contributed by atoms with E-state index in [1.54, 1.807) is 41.9 Å². The van der Waals surface area contributed by atoms with Gasteiger partial charge in [0.25, 0.3) is 5.91 Å². The summed E-state index contributed by atoms with van der Waals surface area (Å²) in [5, 5.41) is 0.270. The highest BCUT2D eigenvalue weighted by molar-refractivity contribution is 7.89. The Morgan fingerprint density at radius 2 is 1.62 bits per heavy atom. The molecule has 0 bridgehead atoms. The summed E-state index contributed by atoms with van der Waals surface area (Å²) in [6.07, 6.45) is 10.6. The van der Waals surface area contributed by atoms with Gasteiger partial charge >= 0.3 is 0 Å². The SMILES string of the molecule is CN(C(=O)c1cn(C)c2ccc(S(=O)(=O)N3CCCCCC3)cc2c1=O)C1CCCCC1. The van der Waals surface area contributed by atoms with Crippen LogP contribution in [0.3, 0.4) is 0 Å². The minimum absolute atomic E-state index is 0.0948. The van der Waals surface area contributed by atoms with Crippen molar-refractivity contribution in [2.75, 3.05) is 20.1 Å². The average molecular weight is 460 g/mol. The summed E-state index contributed by atoms with van der Waals surface area (Å²) in [4.78, 5) is 28.4. The first-order chi connectivity index (χ1) is 15.3. The molecule has 0 unspecified atom stereocenters. The van der Waals surface area contributed by atoms with Gasteiger partial charge in [-0.15, -0.1) is 0 Å². The first-order valence-electron chi connectivity index (χ1n) is 11.7. The van der Waals surface area contributed by atoms with Crippen molar-refractivity contribution in [1.29, 1.82) is 0 Å². The van der Waals surface area contributed by atoms with Crippen molar-refractivity contribution in [1.82, 2.24) is 13.8 Å². The summed E-state index contributed by atoms with van der Waals surface area (Å²) in [7, 11) is -0.137. The number of pyridine rings is 1. The predicted molar refractivity (Wildman–Crippen MR) is 125 cm³/mol. The van der Waals surface area contributed by atoms with E-state index in [0.717, 1.165) is 51.4 Å². The van der Waals surface area contributed by atoms with Gasteiger partial charge in [-0.3, -0.25) is 9.59 Å². The van der Waals surface area contributed by atoms with E-state index < -0.39 is 15.5 Å². The number of hydrogen-bond acceptors (Lipinski definition) is 4. The highest BCUT2D eigenvalue weighted by atomic mass is 32.2. The fourth-order valence-corrected chi connectivity index (χ4v) is 6.58. The van der Waals surface area contributed by atoms with Crippen molar-refractivity contribution in [3.05, 3.63) is 40.2 Å². The maximum absolute atomic E-state index is 13.4. The van der Waals surface area contributed by atoms with E-state index in [1.807, 2.05) is 0 Å². The van der Waals surface area contributed by atoms with Gasteiger partial charge in [0.05, 0.1) is 10.4 Å². The zero-order chi connectivity index (χ0) is 22.9. The van der Waals surface area contributed by atoms with Gasteiger partial charge in [0.1, 0.15) is 5.56 Å². The Hall–Kier alpha value is -2.19. The molecule has 2 aromatic rings. The standard InChI is InChI=1S/C24H33N3O4S/c1-25-17-21(24(29)26(2)18-10-6-5-7-11-18)23(28)20-16-19(12-13-22(20)25)32(30,31)27-14-8-3-4-9-15-27/h12-13,16-18H,3-11,14-15H2,1-2H3. The Morgan fingerprint density at radius 3 is 2.28 bits per heavy atom. The van der Waals surface area contributed by atoms with Crippen LogP contribution in [0.1, 0.15) is 68.1 Å². The van der Waals surface area contributed by atoms with Crippen LogP contribution in [0.2, 0.25) is 0 Å². The minimum atomic E-state index is -3.68. The maximum Gasteiger partial charge on any atom is 0.259 e. The molecule has 8 heteroatoms. The number of rotatable bonds is 4. The van der Waals surface area contributed by atoms with Crippen molar-refractivity contribution in [3.63, 3.8) is 0 Å². The summed E-state index contributed by atoms with van der Waals surface area (Å²) >= 11 is 0. The lowest BCUT2D eigenvalue weighted by atomic mass is 9.94. The van der Waals surface area contributed by atoms with Gasteiger partial charge in [-0.05, 0) is 43.9 Å². The van der Waals surface area contributed by atoms with Crippen LogP contribution in [-0.2, 0) is 17.1 Å². The molecule has 0 atom stereocenters. The van der Waals surface area contributed by atoms with Crippen LogP contribution in [0.25, 0.3) is 10.9 Å². The third-order valence-corrected chi connectivity index (χ3v) is 8.93. The molecule has 7 nitrogen and oxygen atoms in total. The lowest BCUT2D eigenvalue weighted by Crippen LogP contribution is -2.40. The van der Waals surface area contributed by atoms with E-state index in [2.05, 4.69) is 0 Å². The molecule has 1 aliphatic carbocycles. The molecule has 1 aromatic heterocycles. The number of benzene rings is 1. The average Bonchev–Trinajstić information content (AvgIpc) is 3.11. The zero-order valence-corrected chi connectivity index (χ0v) is 19.9. The van der Waals surface area contributed by atoms with Crippen molar-refractivity contribution in [3.8, 4) is 0 Å². The van der Waals surface area contributed by atoms with E-state index >= 15 is 0 Å². The van der Waals surface area contributed by atoms with E-state index in [9.17, 15) is 18.0 Å². The largest absolute Gasteiger partial charge is 0.350 e. The number of fused-ring (bicyclic) bond motifs is 1. The lowest BCUT2D eigenvalue weighted by molar-refractivity contribution is 0.0694. The second kappa shape index (κ2) is 9.35. The Labute approximate surface area is 190 Å². The Kier molecular flexibility index (Phi) is 6.72. The van der Waals surface area contributed by atoms with Crippen molar-refractivity contribution in [2.45, 2.75) is 68.7 Å². The van der Waals surface area contributed by atoms with E-state index in [1.165, 1.54) is 16.8 Å². The summed E-state index contributed by atoms with van der Waals surface area (Å²) < 4.78 is 29.8. The van der Waals surface area contributed by atoms with Crippen LogP contribution in [0, 0.1) is 0 Å². The molecule has 2 heterocycles. The molecule has 1 saturated carbocycles.